The molecule has 4 N–H and O–H groups in total. The highest BCUT2D eigenvalue weighted by Crippen LogP contribution is 2.42. The lowest BCUT2D eigenvalue weighted by molar-refractivity contribution is -0.155. The number of alkyl halides is 1. The first kappa shape index (κ1) is 48.8. The number of likely N-dealkylation sites (tertiary alicyclic amines) is 1. The van der Waals surface area contributed by atoms with E-state index in [9.17, 15) is 29.1 Å². The van der Waals surface area contributed by atoms with Gasteiger partial charge in [0.15, 0.2) is 0 Å². The first-order valence-corrected chi connectivity index (χ1v) is 24.1. The summed E-state index contributed by atoms with van der Waals surface area (Å²) in [6.45, 7) is 12.9. The van der Waals surface area contributed by atoms with Gasteiger partial charge in [0.2, 0.25) is 17.5 Å². The number of allylic oxidation sites excluding steroid dienone is 1. The Kier molecular flexibility index (Phi) is 13.9. The average Bonchev–Trinajstić information content (AvgIpc) is 4.03. The SMILES string of the molecule is CCn1c(C2=C([C@H](C)OC)N=CCC2)c2c3cc(ccc31)-c1cc(O)cc(c1)C[C@H](NC(=O)[C@H](C(C)C)N(C)C(=O)[C@@]1(F)CCN(C(=O)[C@@H]3CN3)C1)C(=O)N1CCC[C@H](N1)C(=O)OCC(C)(C)C2. The second-order valence-electron chi connectivity index (χ2n) is 20.4. The van der Waals surface area contributed by atoms with Crippen LogP contribution in [0.4, 0.5) is 4.39 Å². The van der Waals surface area contributed by atoms with Gasteiger partial charge < -0.3 is 39.6 Å². The molecule has 1 aromatic heterocycles. The molecule has 0 aliphatic carbocycles. The highest BCUT2D eigenvalue weighted by molar-refractivity contribution is 5.97. The zero-order valence-electron chi connectivity index (χ0n) is 40.6. The lowest BCUT2D eigenvalue weighted by atomic mass is 9.83. The van der Waals surface area contributed by atoms with Crippen LogP contribution in [-0.2, 0) is 52.8 Å². The molecule has 0 saturated carbocycles. The van der Waals surface area contributed by atoms with E-state index in [4.69, 9.17) is 14.5 Å². The van der Waals surface area contributed by atoms with Gasteiger partial charge in [0, 0.05) is 81.3 Å². The number of hydrazine groups is 1. The van der Waals surface area contributed by atoms with E-state index in [1.54, 1.807) is 33.1 Å². The minimum atomic E-state index is -2.39. The van der Waals surface area contributed by atoms with Crippen molar-refractivity contribution in [2.75, 3.05) is 46.9 Å². The van der Waals surface area contributed by atoms with E-state index < -0.39 is 65.4 Å². The zero-order chi connectivity index (χ0) is 48.8. The summed E-state index contributed by atoms with van der Waals surface area (Å²) in [5.74, 6) is -3.46. The fraction of sp³-hybridized carbons (Fsp3) is 0.569. The van der Waals surface area contributed by atoms with E-state index in [-0.39, 0.29) is 56.3 Å². The molecule has 68 heavy (non-hydrogen) atoms. The second-order valence-corrected chi connectivity index (χ2v) is 20.4. The molecule has 6 heterocycles. The monoisotopic (exact) mass is 939 g/mol. The molecular formula is C51H67FN8O8. The number of nitrogens with one attached hydrogen (secondary N) is 3. The van der Waals surface area contributed by atoms with Crippen LogP contribution in [0, 0.1) is 11.3 Å². The normalized spacial score (nSPS) is 25.0. The van der Waals surface area contributed by atoms with E-state index in [1.807, 2.05) is 25.3 Å². The third-order valence-electron chi connectivity index (χ3n) is 14.2. The minimum absolute atomic E-state index is 0.0415. The van der Waals surface area contributed by atoms with Gasteiger partial charge in [0.1, 0.15) is 23.9 Å². The van der Waals surface area contributed by atoms with Gasteiger partial charge in [-0.2, -0.15) is 0 Å². The number of esters is 1. The number of aromatic nitrogens is 1. The number of phenols is 1. The summed E-state index contributed by atoms with van der Waals surface area (Å²) in [5, 5.41) is 19.5. The topological polar surface area (TPSA) is 197 Å². The number of aryl methyl sites for hydroxylation is 1. The molecule has 5 aliphatic heterocycles. The first-order valence-electron chi connectivity index (χ1n) is 24.1. The molecule has 6 bridgehead atoms. The molecular weight excluding hydrogens is 872 g/mol. The van der Waals surface area contributed by atoms with Crippen LogP contribution in [0.2, 0.25) is 0 Å². The van der Waals surface area contributed by atoms with Gasteiger partial charge in [-0.1, -0.05) is 39.8 Å². The van der Waals surface area contributed by atoms with Crippen molar-refractivity contribution in [1.29, 1.82) is 0 Å². The summed E-state index contributed by atoms with van der Waals surface area (Å²) in [5.41, 5.74) is 7.37. The Labute approximate surface area is 397 Å². The standard InChI is InChI=1S/C51H67FN8O8/c1-9-59-41-15-14-32-24-36(41)37(44(59)35-12-10-17-53-42(35)30(4)67-8)25-50(5,6)28-68-48(65)38-13-11-18-60(56-38)47(64)39(22-31-20-33(32)23-34(61)21-31)55-45(62)43(29(2)3)57(7)49(66)51(52)16-19-58(27-51)46(63)40-26-54-40/h14-15,17,20-21,23-24,29-30,38-40,43,54,56,61H,9-13,16,18-19,22,25-28H2,1-8H3,(H,55,62)/t30-,38-,39-,40-,43-,51+/m0/s1. The molecule has 17 heteroatoms. The van der Waals surface area contributed by atoms with E-state index in [0.29, 0.717) is 43.5 Å². The van der Waals surface area contributed by atoms with Crippen molar-refractivity contribution in [2.24, 2.45) is 16.3 Å². The molecule has 6 atom stereocenters. The Morgan fingerprint density at radius 3 is 2.57 bits per heavy atom. The molecule has 0 unspecified atom stereocenters. The molecule has 4 amide bonds. The van der Waals surface area contributed by atoms with Crippen molar-refractivity contribution in [2.45, 2.75) is 129 Å². The number of amides is 4. The number of likely N-dealkylation sites (N-methyl/N-ethyl adjacent to an activating group) is 1. The number of phenolic OH excluding ortho intramolecular Hbond substituents is 1. The van der Waals surface area contributed by atoms with Crippen LogP contribution in [0.3, 0.4) is 0 Å². The predicted molar refractivity (Wildman–Crippen MR) is 256 cm³/mol. The molecule has 2 aromatic carbocycles. The number of carbonyl (C=O) groups is 5. The molecule has 3 aromatic rings. The second kappa shape index (κ2) is 19.4. The van der Waals surface area contributed by atoms with Crippen LogP contribution in [-0.4, -0.2) is 143 Å². The fourth-order valence-electron chi connectivity index (χ4n) is 10.5. The number of aromatic hydroxyl groups is 1. The highest BCUT2D eigenvalue weighted by Gasteiger charge is 2.51. The number of aliphatic imine (C=N–C) groups is 1. The molecule has 5 aliphatic rings. The number of fused-ring (bicyclic) bond motifs is 6. The van der Waals surface area contributed by atoms with Crippen LogP contribution in [0.15, 0.2) is 47.1 Å². The summed E-state index contributed by atoms with van der Waals surface area (Å²) < 4.78 is 30.8. The Morgan fingerprint density at radius 1 is 1.10 bits per heavy atom. The molecule has 0 radical (unpaired) electrons. The fourth-order valence-corrected chi connectivity index (χ4v) is 10.5. The highest BCUT2D eigenvalue weighted by atomic mass is 19.1. The number of carbonyl (C=O) groups excluding carboxylic acids is 5. The van der Waals surface area contributed by atoms with Gasteiger partial charge in [-0.3, -0.25) is 34.0 Å². The van der Waals surface area contributed by atoms with E-state index in [2.05, 4.69) is 53.5 Å². The number of rotatable bonds is 10. The number of benzene rings is 2. The Morgan fingerprint density at radius 2 is 1.87 bits per heavy atom. The van der Waals surface area contributed by atoms with Crippen LogP contribution in [0.5, 0.6) is 5.75 Å². The number of hydrogen-bond donors (Lipinski definition) is 4. The predicted octanol–water partition coefficient (Wildman–Crippen LogP) is 4.69. The van der Waals surface area contributed by atoms with Crippen LogP contribution >= 0.6 is 0 Å². The van der Waals surface area contributed by atoms with Gasteiger partial charge in [-0.25, -0.2) is 9.82 Å². The number of ether oxygens (including phenoxy) is 2. The van der Waals surface area contributed by atoms with Crippen LogP contribution in [0.25, 0.3) is 27.6 Å². The summed E-state index contributed by atoms with van der Waals surface area (Å²) in [6, 6.07) is 7.68. The maximum absolute atomic E-state index is 16.5. The number of methoxy groups -OCH3 is 1. The number of hydrogen-bond acceptors (Lipinski definition) is 11. The maximum Gasteiger partial charge on any atom is 0.324 e. The van der Waals surface area contributed by atoms with Gasteiger partial charge in [0.05, 0.1) is 36.7 Å². The summed E-state index contributed by atoms with van der Waals surface area (Å²) >= 11 is 0. The molecule has 0 spiro atoms. The zero-order valence-corrected chi connectivity index (χ0v) is 40.6. The maximum atomic E-state index is 16.5. The summed E-state index contributed by atoms with van der Waals surface area (Å²) in [6.07, 6.45) is 4.41. The molecule has 3 fully saturated rings. The molecule has 366 valence electrons. The van der Waals surface area contributed by atoms with Crippen molar-refractivity contribution < 1.29 is 42.9 Å². The molecule has 3 saturated heterocycles. The minimum Gasteiger partial charge on any atom is -0.508 e. The van der Waals surface area contributed by atoms with Crippen LogP contribution in [0.1, 0.15) is 90.5 Å². The Balaban J connectivity index is 1.18. The Hall–Kier alpha value is -5.65. The number of cyclic esters (lactones) is 1. The van der Waals surface area contributed by atoms with Gasteiger partial charge in [-0.15, -0.1) is 0 Å². The lowest BCUT2D eigenvalue weighted by Gasteiger charge is -2.37. The van der Waals surface area contributed by atoms with E-state index in [0.717, 1.165) is 56.7 Å². The smallest absolute Gasteiger partial charge is 0.324 e. The summed E-state index contributed by atoms with van der Waals surface area (Å²) in [4.78, 5) is 77.3. The van der Waals surface area contributed by atoms with E-state index in [1.165, 1.54) is 17.0 Å². The molecule has 16 nitrogen and oxygen atoms in total. The van der Waals surface area contributed by atoms with Crippen molar-refractivity contribution in [3.8, 4) is 16.9 Å². The Bertz CT molecular complexity index is 2550. The van der Waals surface area contributed by atoms with E-state index >= 15 is 4.39 Å². The van der Waals surface area contributed by atoms with Crippen molar-refractivity contribution in [3.63, 3.8) is 0 Å². The van der Waals surface area contributed by atoms with Crippen molar-refractivity contribution in [1.82, 2.24) is 35.4 Å². The van der Waals surface area contributed by atoms with Gasteiger partial charge in [-0.05, 0) is 98.4 Å². The first-order chi connectivity index (χ1) is 32.3. The summed E-state index contributed by atoms with van der Waals surface area (Å²) in [7, 11) is 3.06. The number of halogens is 1. The lowest BCUT2D eigenvalue weighted by Crippen LogP contribution is -2.62. The van der Waals surface area contributed by atoms with Crippen LogP contribution < -0.4 is 16.1 Å². The molecule has 8 rings (SSSR count). The largest absolute Gasteiger partial charge is 0.508 e. The third-order valence-corrected chi connectivity index (χ3v) is 14.2. The number of nitrogens with zero attached hydrogens (tertiary/aromatic N) is 5. The van der Waals surface area contributed by atoms with Crippen molar-refractivity contribution >= 4 is 52.3 Å². The third kappa shape index (κ3) is 9.79. The quantitative estimate of drug-likeness (QED) is 0.164. The van der Waals surface area contributed by atoms with Gasteiger partial charge in [0.25, 0.3) is 11.8 Å². The average molecular weight is 939 g/mol. The van der Waals surface area contributed by atoms with Gasteiger partial charge >= 0.3 is 5.97 Å². The van der Waals surface area contributed by atoms with Crippen molar-refractivity contribution in [3.05, 3.63) is 58.9 Å².